The van der Waals surface area contributed by atoms with Gasteiger partial charge in [-0.3, -0.25) is 28.8 Å². The van der Waals surface area contributed by atoms with Gasteiger partial charge in [-0.1, -0.05) is 119 Å². The summed E-state index contributed by atoms with van der Waals surface area (Å²) >= 11 is 0. The molecule has 12 nitrogen and oxygen atoms in total. The molecule has 6 amide bonds. The zero-order valence-corrected chi connectivity index (χ0v) is 37.9. The lowest BCUT2D eigenvalue weighted by atomic mass is 9.94. The molecule has 7 rings (SSSR count). The third-order valence-electron chi connectivity index (χ3n) is 13.7. The molecule has 12 heteroatoms. The molecule has 64 heavy (non-hydrogen) atoms. The van der Waals surface area contributed by atoms with Gasteiger partial charge in [0.15, 0.2) is 0 Å². The van der Waals surface area contributed by atoms with Crippen molar-refractivity contribution in [2.75, 3.05) is 39.3 Å². The van der Waals surface area contributed by atoms with Crippen LogP contribution in [0, 0.1) is 11.8 Å². The molecule has 2 heterocycles. The summed E-state index contributed by atoms with van der Waals surface area (Å²) in [5.41, 5.74) is 3.06. The number of nitrogens with zero attached hydrogens (tertiary/aromatic N) is 3. The van der Waals surface area contributed by atoms with Crippen LogP contribution in [-0.4, -0.2) is 108 Å². The Morgan fingerprint density at radius 2 is 1.05 bits per heavy atom. The smallest absolute Gasteiger partial charge is 0.253 e. The quantitative estimate of drug-likeness (QED) is 0.106. The average Bonchev–Trinajstić information content (AvgIpc) is 4.24. The van der Waals surface area contributed by atoms with Crippen LogP contribution in [-0.2, 0) is 19.2 Å². The van der Waals surface area contributed by atoms with Crippen LogP contribution in [0.3, 0.4) is 0 Å². The highest BCUT2D eigenvalue weighted by Gasteiger charge is 2.49. The van der Waals surface area contributed by atoms with Gasteiger partial charge >= 0.3 is 0 Å². The van der Waals surface area contributed by atoms with Gasteiger partial charge in [0.05, 0.1) is 18.4 Å². The first-order chi connectivity index (χ1) is 31.2. The van der Waals surface area contributed by atoms with Crippen molar-refractivity contribution in [2.45, 2.75) is 127 Å². The van der Waals surface area contributed by atoms with Gasteiger partial charge in [-0.05, 0) is 67.5 Å². The molecule has 3 aromatic carbocycles. The van der Waals surface area contributed by atoms with Gasteiger partial charge < -0.3 is 30.7 Å². The molecule has 3 N–H and O–H groups in total. The van der Waals surface area contributed by atoms with Gasteiger partial charge in [0.1, 0.15) is 6.04 Å². The van der Waals surface area contributed by atoms with E-state index in [1.807, 2.05) is 36.4 Å². The van der Waals surface area contributed by atoms with Gasteiger partial charge in [0.2, 0.25) is 23.6 Å². The molecule has 0 aromatic heterocycles. The molecule has 2 saturated heterocycles. The average molecular weight is 873 g/mol. The van der Waals surface area contributed by atoms with Crippen LogP contribution in [0.25, 0.3) is 0 Å². The Morgan fingerprint density at radius 3 is 1.58 bits per heavy atom. The molecule has 0 spiro atoms. The fourth-order valence-electron chi connectivity index (χ4n) is 9.65. The summed E-state index contributed by atoms with van der Waals surface area (Å²) in [5, 5.41) is 9.44. The van der Waals surface area contributed by atoms with E-state index in [2.05, 4.69) is 54.1 Å². The Morgan fingerprint density at radius 1 is 0.547 bits per heavy atom. The van der Waals surface area contributed by atoms with Crippen LogP contribution in [0.15, 0.2) is 84.9 Å². The van der Waals surface area contributed by atoms with E-state index < -0.39 is 17.9 Å². The Hall–Kier alpha value is -5.52. The Kier molecular flexibility index (Phi) is 16.3. The lowest BCUT2D eigenvalue weighted by Crippen LogP contribution is -2.54. The zero-order valence-electron chi connectivity index (χ0n) is 37.9. The Balaban J connectivity index is 1.00. The molecule has 2 aliphatic heterocycles. The van der Waals surface area contributed by atoms with Crippen molar-refractivity contribution in [1.82, 2.24) is 30.7 Å². The highest BCUT2D eigenvalue weighted by atomic mass is 16.2. The van der Waals surface area contributed by atoms with Crippen molar-refractivity contribution in [3.05, 3.63) is 107 Å². The lowest BCUT2D eigenvalue weighted by Gasteiger charge is -2.31. The molecule has 2 aliphatic carbocycles. The normalized spacial score (nSPS) is 23.8. The van der Waals surface area contributed by atoms with Crippen LogP contribution in [0.5, 0.6) is 0 Å². The second-order valence-electron chi connectivity index (χ2n) is 18.5. The van der Waals surface area contributed by atoms with E-state index >= 15 is 0 Å². The Bertz CT molecular complexity index is 1990. The van der Waals surface area contributed by atoms with Crippen LogP contribution < -0.4 is 16.0 Å². The van der Waals surface area contributed by atoms with Gasteiger partial charge in [0.25, 0.3) is 11.8 Å². The number of rotatable bonds is 20. The van der Waals surface area contributed by atoms with Gasteiger partial charge in [-0.15, -0.1) is 0 Å². The summed E-state index contributed by atoms with van der Waals surface area (Å²) in [6.07, 6.45) is 11.7. The number of likely N-dealkylation sites (tertiary alicyclic amines) is 1. The molecule has 7 atom stereocenters. The van der Waals surface area contributed by atoms with Crippen molar-refractivity contribution in [3.8, 4) is 0 Å². The SMILES string of the molecule is CCCCCCCC(=O)N1CCCN(C(=O)c2ccc(C(=O)N3C[C@@H](C(=O)N[C@H]4C[C@@H]4c4ccccc4)[C@H](C(=O)N[C@H]4C[C@@H]4c4ccccc4)C3)cc2)C[C@H]1C(=O)NCCCCCC. The highest BCUT2D eigenvalue weighted by Crippen LogP contribution is 2.42. The molecule has 4 aliphatic rings. The number of hydrogen-bond donors (Lipinski definition) is 3. The van der Waals surface area contributed by atoms with Crippen molar-refractivity contribution in [3.63, 3.8) is 0 Å². The minimum absolute atomic E-state index is 0.0207. The van der Waals surface area contributed by atoms with E-state index in [0.29, 0.717) is 43.6 Å². The number of carbonyl (C=O) groups is 6. The lowest BCUT2D eigenvalue weighted by molar-refractivity contribution is -0.140. The first-order valence-corrected chi connectivity index (χ1v) is 24.1. The van der Waals surface area contributed by atoms with Crippen LogP contribution >= 0.6 is 0 Å². The molecular formula is C52H68N6O6. The molecule has 0 unspecified atom stereocenters. The minimum Gasteiger partial charge on any atom is -0.354 e. The van der Waals surface area contributed by atoms with E-state index in [0.717, 1.165) is 70.6 Å². The maximum atomic E-state index is 14.1. The van der Waals surface area contributed by atoms with Gasteiger partial charge in [-0.25, -0.2) is 0 Å². The summed E-state index contributed by atoms with van der Waals surface area (Å²) in [7, 11) is 0. The van der Waals surface area contributed by atoms with Crippen molar-refractivity contribution in [1.29, 1.82) is 0 Å². The third-order valence-corrected chi connectivity index (χ3v) is 13.7. The van der Waals surface area contributed by atoms with Gasteiger partial charge in [-0.2, -0.15) is 0 Å². The second-order valence-corrected chi connectivity index (χ2v) is 18.5. The Labute approximate surface area is 379 Å². The van der Waals surface area contributed by atoms with Crippen LogP contribution in [0.2, 0.25) is 0 Å². The minimum atomic E-state index is -0.791. The number of benzene rings is 3. The molecule has 342 valence electrons. The van der Waals surface area contributed by atoms with E-state index in [4.69, 9.17) is 0 Å². The molecular weight excluding hydrogens is 805 g/mol. The summed E-state index contributed by atoms with van der Waals surface area (Å²) in [5.74, 6) is -2.29. The number of hydrogen-bond acceptors (Lipinski definition) is 6. The monoisotopic (exact) mass is 873 g/mol. The third kappa shape index (κ3) is 12.0. The van der Waals surface area contributed by atoms with Crippen LogP contribution in [0.1, 0.15) is 141 Å². The number of nitrogens with one attached hydrogen (secondary N) is 3. The predicted octanol–water partition coefficient (Wildman–Crippen LogP) is 6.82. The number of unbranched alkanes of at least 4 members (excludes halogenated alkanes) is 7. The summed E-state index contributed by atoms with van der Waals surface area (Å²) < 4.78 is 0. The molecule has 0 bridgehead atoms. The molecule has 3 aromatic rings. The summed E-state index contributed by atoms with van der Waals surface area (Å²) in [6, 6.07) is 25.8. The second kappa shape index (κ2) is 22.4. The maximum absolute atomic E-state index is 14.1. The molecule has 4 fully saturated rings. The van der Waals surface area contributed by atoms with Gasteiger partial charge in [0, 0.05) is 74.2 Å². The first-order valence-electron chi connectivity index (χ1n) is 24.1. The number of amides is 6. The fraction of sp³-hybridized carbons (Fsp3) is 0.538. The first kappa shape index (κ1) is 46.5. The molecule has 0 radical (unpaired) electrons. The van der Waals surface area contributed by atoms with E-state index in [1.54, 1.807) is 39.0 Å². The summed E-state index contributed by atoms with van der Waals surface area (Å²) in [6.45, 7) is 5.90. The zero-order chi connectivity index (χ0) is 45.0. The maximum Gasteiger partial charge on any atom is 0.253 e. The topological polar surface area (TPSA) is 148 Å². The summed E-state index contributed by atoms with van der Waals surface area (Å²) in [4.78, 5) is 88.4. The largest absolute Gasteiger partial charge is 0.354 e. The van der Waals surface area contributed by atoms with Crippen molar-refractivity contribution < 1.29 is 28.8 Å². The van der Waals surface area contributed by atoms with Crippen molar-refractivity contribution >= 4 is 35.4 Å². The molecule has 2 saturated carbocycles. The van der Waals surface area contributed by atoms with Crippen molar-refractivity contribution in [2.24, 2.45) is 11.8 Å². The van der Waals surface area contributed by atoms with E-state index in [1.165, 1.54) is 11.1 Å². The number of carbonyl (C=O) groups excluding carboxylic acids is 6. The van der Waals surface area contributed by atoms with E-state index in [9.17, 15) is 28.8 Å². The highest BCUT2D eigenvalue weighted by molar-refractivity contribution is 5.99. The fourth-order valence-corrected chi connectivity index (χ4v) is 9.65. The standard InChI is InChI=1S/C52H68N6O6/c1-3-5-7-9-16-23-47(59)58-30-18-29-56(35-46(58)50(62)53-28-17-8-6-4-2)51(63)38-24-26-39(27-25-38)52(64)57-33-42(48(60)54-44-31-40(44)36-19-12-10-13-20-36)43(34-57)49(61)55-45-32-41(45)37-21-14-11-15-22-37/h10-15,19-22,24-27,40-46H,3-9,16-18,23,28-35H2,1-2H3,(H,53,62)(H,54,60)(H,55,61)/t40-,41-,42-,43-,44+,45+,46+/m1/s1. The predicted molar refractivity (Wildman–Crippen MR) is 247 cm³/mol. The van der Waals surface area contributed by atoms with Crippen LogP contribution in [0.4, 0.5) is 0 Å². The van der Waals surface area contributed by atoms with E-state index in [-0.39, 0.29) is 79.0 Å².